The van der Waals surface area contributed by atoms with E-state index in [0.717, 1.165) is 25.7 Å². The van der Waals surface area contributed by atoms with Crippen molar-refractivity contribution in [2.24, 2.45) is 0 Å². The normalized spacial score (nSPS) is 13.3. The highest BCUT2D eigenvalue weighted by molar-refractivity contribution is 5.96. The number of hydrogen-bond donors (Lipinski definition) is 1. The van der Waals surface area contributed by atoms with Crippen LogP contribution in [-0.4, -0.2) is 46.5 Å². The molecule has 1 aliphatic carbocycles. The van der Waals surface area contributed by atoms with E-state index in [-0.39, 0.29) is 29.1 Å². The van der Waals surface area contributed by atoms with Crippen LogP contribution in [0.25, 0.3) is 11.3 Å². The number of halogens is 1. The van der Waals surface area contributed by atoms with Gasteiger partial charge in [0.05, 0.1) is 5.69 Å². The first-order chi connectivity index (χ1) is 13.4. The smallest absolute Gasteiger partial charge is 0.274 e. The molecule has 28 heavy (non-hydrogen) atoms. The molecule has 0 radical (unpaired) electrons. The van der Waals surface area contributed by atoms with Crippen LogP contribution in [-0.2, 0) is 0 Å². The first kappa shape index (κ1) is 19.9. The zero-order valence-corrected chi connectivity index (χ0v) is 16.5. The fraction of sp³-hybridized carbons (Fsp3) is 0.429. The lowest BCUT2D eigenvalue weighted by Crippen LogP contribution is -2.28. The van der Waals surface area contributed by atoms with Gasteiger partial charge < -0.3 is 10.2 Å². The standard InChI is InChI=1S/C21H25FN4O2/c1-4-5-10-26(3)21(28)19-9-8-18(24-25-19)16-11-14(12-17(22)13(16)2)20(27)23-15-6-7-15/h8-9,11-12,15H,4-7,10H2,1-3H3,(H,23,27). The van der Waals surface area contributed by atoms with Crippen molar-refractivity contribution in [3.8, 4) is 11.3 Å². The van der Waals surface area contributed by atoms with Crippen molar-refractivity contribution in [1.82, 2.24) is 20.4 Å². The Hall–Kier alpha value is -2.83. The van der Waals surface area contributed by atoms with Crippen molar-refractivity contribution in [2.75, 3.05) is 13.6 Å². The van der Waals surface area contributed by atoms with E-state index in [2.05, 4.69) is 22.4 Å². The molecule has 3 rings (SSSR count). The van der Waals surface area contributed by atoms with Gasteiger partial charge in [-0.2, -0.15) is 0 Å². The van der Waals surface area contributed by atoms with E-state index in [0.29, 0.717) is 23.4 Å². The number of carbonyl (C=O) groups excluding carboxylic acids is 2. The Morgan fingerprint density at radius 1 is 1.25 bits per heavy atom. The van der Waals surface area contributed by atoms with Crippen LogP contribution in [0.4, 0.5) is 4.39 Å². The van der Waals surface area contributed by atoms with Crippen molar-refractivity contribution < 1.29 is 14.0 Å². The van der Waals surface area contributed by atoms with Crippen molar-refractivity contribution in [2.45, 2.75) is 45.6 Å². The molecule has 0 spiro atoms. The molecule has 6 nitrogen and oxygen atoms in total. The molecule has 1 heterocycles. The molecule has 148 valence electrons. The summed E-state index contributed by atoms with van der Waals surface area (Å²) in [4.78, 5) is 26.3. The lowest BCUT2D eigenvalue weighted by molar-refractivity contribution is 0.0786. The second kappa shape index (κ2) is 8.46. The summed E-state index contributed by atoms with van der Waals surface area (Å²) in [5.41, 5.74) is 1.79. The minimum atomic E-state index is -0.473. The Labute approximate surface area is 164 Å². The molecule has 0 aliphatic heterocycles. The molecule has 1 aliphatic rings. The van der Waals surface area contributed by atoms with Crippen molar-refractivity contribution in [3.05, 3.63) is 46.9 Å². The lowest BCUT2D eigenvalue weighted by atomic mass is 10.0. The fourth-order valence-electron chi connectivity index (χ4n) is 2.85. The van der Waals surface area contributed by atoms with Gasteiger partial charge in [-0.25, -0.2) is 4.39 Å². The topological polar surface area (TPSA) is 75.2 Å². The third-order valence-electron chi connectivity index (χ3n) is 4.87. The average molecular weight is 384 g/mol. The van der Waals surface area contributed by atoms with Crippen molar-refractivity contribution in [1.29, 1.82) is 0 Å². The van der Waals surface area contributed by atoms with E-state index < -0.39 is 5.82 Å². The van der Waals surface area contributed by atoms with E-state index in [4.69, 9.17) is 0 Å². The largest absolute Gasteiger partial charge is 0.349 e. The fourth-order valence-corrected chi connectivity index (χ4v) is 2.85. The van der Waals surface area contributed by atoms with Crippen LogP contribution < -0.4 is 5.32 Å². The van der Waals surface area contributed by atoms with Crippen LogP contribution >= 0.6 is 0 Å². The summed E-state index contributed by atoms with van der Waals surface area (Å²) in [6.45, 7) is 4.35. The molecule has 0 bridgehead atoms. The molecule has 1 aromatic heterocycles. The van der Waals surface area contributed by atoms with E-state index in [1.54, 1.807) is 37.1 Å². The molecule has 0 atom stereocenters. The number of nitrogens with zero attached hydrogens (tertiary/aromatic N) is 3. The molecule has 0 saturated heterocycles. The molecular weight excluding hydrogens is 359 g/mol. The molecule has 1 aromatic carbocycles. The second-order valence-electron chi connectivity index (χ2n) is 7.26. The number of carbonyl (C=O) groups is 2. The van der Waals surface area contributed by atoms with E-state index in [1.165, 1.54) is 6.07 Å². The minimum Gasteiger partial charge on any atom is -0.349 e. The van der Waals surface area contributed by atoms with Crippen LogP contribution in [0.15, 0.2) is 24.3 Å². The zero-order valence-electron chi connectivity index (χ0n) is 16.5. The molecule has 1 N–H and O–H groups in total. The van der Waals surface area contributed by atoms with Gasteiger partial charge in [-0.15, -0.1) is 10.2 Å². The molecule has 2 aromatic rings. The molecule has 7 heteroatoms. The van der Waals surface area contributed by atoms with Crippen molar-refractivity contribution >= 4 is 11.8 Å². The predicted molar refractivity (Wildman–Crippen MR) is 105 cm³/mol. The van der Waals surface area contributed by atoms with Crippen LogP contribution in [0, 0.1) is 12.7 Å². The third-order valence-corrected chi connectivity index (χ3v) is 4.87. The summed E-state index contributed by atoms with van der Waals surface area (Å²) in [5, 5.41) is 11.0. The highest BCUT2D eigenvalue weighted by atomic mass is 19.1. The number of nitrogens with one attached hydrogen (secondary N) is 1. The number of aromatic nitrogens is 2. The molecule has 1 saturated carbocycles. The zero-order chi connectivity index (χ0) is 20.3. The molecule has 2 amide bonds. The van der Waals surface area contributed by atoms with Gasteiger partial charge in [-0.1, -0.05) is 13.3 Å². The summed E-state index contributed by atoms with van der Waals surface area (Å²) >= 11 is 0. The molecular formula is C21H25FN4O2. The summed E-state index contributed by atoms with van der Waals surface area (Å²) in [6, 6.07) is 6.27. The number of benzene rings is 1. The summed E-state index contributed by atoms with van der Waals surface area (Å²) in [5.74, 6) is -0.965. The number of amides is 2. The molecule has 0 unspecified atom stereocenters. The SMILES string of the molecule is CCCCN(C)C(=O)c1ccc(-c2cc(C(=O)NC3CC3)cc(F)c2C)nn1. The maximum atomic E-state index is 14.4. The van der Waals surface area contributed by atoms with E-state index >= 15 is 0 Å². The third kappa shape index (κ3) is 4.52. The van der Waals surface area contributed by atoms with E-state index in [9.17, 15) is 14.0 Å². The maximum absolute atomic E-state index is 14.4. The lowest BCUT2D eigenvalue weighted by Gasteiger charge is -2.16. The number of hydrogen-bond acceptors (Lipinski definition) is 4. The van der Waals surface area contributed by atoms with Gasteiger partial charge in [-0.3, -0.25) is 9.59 Å². The summed E-state index contributed by atoms with van der Waals surface area (Å²) in [7, 11) is 1.73. The maximum Gasteiger partial charge on any atom is 0.274 e. The quantitative estimate of drug-likeness (QED) is 0.794. The van der Waals surface area contributed by atoms with Gasteiger partial charge in [0.2, 0.25) is 0 Å². The Morgan fingerprint density at radius 2 is 2.00 bits per heavy atom. The Kier molecular flexibility index (Phi) is 6.02. The highest BCUT2D eigenvalue weighted by Gasteiger charge is 2.25. The Balaban J connectivity index is 1.83. The number of unbranched alkanes of at least 4 members (excludes halogenated alkanes) is 1. The van der Waals surface area contributed by atoms with E-state index in [1.807, 2.05) is 0 Å². The van der Waals surface area contributed by atoms with Crippen LogP contribution in [0.2, 0.25) is 0 Å². The van der Waals surface area contributed by atoms with Gasteiger partial charge in [-0.05, 0) is 56.0 Å². The van der Waals surface area contributed by atoms with Crippen LogP contribution in [0.5, 0.6) is 0 Å². The van der Waals surface area contributed by atoms with Gasteiger partial charge >= 0.3 is 0 Å². The second-order valence-corrected chi connectivity index (χ2v) is 7.26. The van der Waals surface area contributed by atoms with Gasteiger partial charge in [0.15, 0.2) is 5.69 Å². The summed E-state index contributed by atoms with van der Waals surface area (Å²) in [6.07, 6.45) is 3.83. The Bertz CT molecular complexity index is 879. The van der Waals surface area contributed by atoms with Gasteiger partial charge in [0.1, 0.15) is 5.82 Å². The summed E-state index contributed by atoms with van der Waals surface area (Å²) < 4.78 is 14.4. The Morgan fingerprint density at radius 3 is 2.61 bits per heavy atom. The first-order valence-electron chi connectivity index (χ1n) is 9.61. The van der Waals surface area contributed by atoms with Gasteiger partial charge in [0.25, 0.3) is 11.8 Å². The minimum absolute atomic E-state index is 0.190. The highest BCUT2D eigenvalue weighted by Crippen LogP contribution is 2.26. The molecule has 1 fully saturated rings. The van der Waals surface area contributed by atoms with Crippen LogP contribution in [0.1, 0.15) is 59.0 Å². The van der Waals surface area contributed by atoms with Crippen molar-refractivity contribution in [3.63, 3.8) is 0 Å². The predicted octanol–water partition coefficient (Wildman–Crippen LogP) is 3.36. The number of rotatable bonds is 7. The van der Waals surface area contributed by atoms with Crippen LogP contribution in [0.3, 0.4) is 0 Å². The monoisotopic (exact) mass is 384 g/mol. The first-order valence-corrected chi connectivity index (χ1v) is 9.61. The average Bonchev–Trinajstić information content (AvgIpc) is 3.51. The van der Waals surface area contributed by atoms with Gasteiger partial charge in [0, 0.05) is 30.8 Å².